The smallest absolute Gasteiger partial charge is 0.180 e. The Hall–Kier alpha value is -1.18. The van der Waals surface area contributed by atoms with E-state index in [1.54, 1.807) is 0 Å². The molecule has 0 aromatic carbocycles. The van der Waals surface area contributed by atoms with Crippen LogP contribution < -0.4 is 5.32 Å². The third-order valence-electron chi connectivity index (χ3n) is 3.48. The molecule has 0 radical (unpaired) electrons. The van der Waals surface area contributed by atoms with Crippen LogP contribution in [0.3, 0.4) is 0 Å². The normalized spacial score (nSPS) is 14.6. The van der Waals surface area contributed by atoms with E-state index in [9.17, 15) is 0 Å². The van der Waals surface area contributed by atoms with E-state index < -0.39 is 0 Å². The van der Waals surface area contributed by atoms with Crippen molar-refractivity contribution >= 4 is 28.4 Å². The van der Waals surface area contributed by atoms with Gasteiger partial charge in [-0.2, -0.15) is 0 Å². The maximum Gasteiger partial charge on any atom is 0.180 e. The van der Waals surface area contributed by atoms with E-state index in [1.165, 1.54) is 18.5 Å². The first-order valence-electron chi connectivity index (χ1n) is 7.00. The molecule has 0 spiro atoms. The van der Waals surface area contributed by atoms with Gasteiger partial charge in [-0.05, 0) is 41.9 Å². The highest BCUT2D eigenvalue weighted by atomic mass is 127. The van der Waals surface area contributed by atoms with Gasteiger partial charge in [0, 0.05) is 19.5 Å². The zero-order valence-electron chi connectivity index (χ0n) is 11.7. The molecule has 0 unspecified atom stereocenters. The summed E-state index contributed by atoms with van der Waals surface area (Å²) < 4.78 is 3.27. The van der Waals surface area contributed by atoms with Gasteiger partial charge in [0.1, 0.15) is 11.5 Å². The Morgan fingerprint density at radius 1 is 1.40 bits per heavy atom. The zero-order chi connectivity index (χ0) is 14.1. The van der Waals surface area contributed by atoms with Gasteiger partial charge in [-0.1, -0.05) is 6.92 Å². The van der Waals surface area contributed by atoms with Gasteiger partial charge in [0.25, 0.3) is 0 Å². The first-order chi connectivity index (χ1) is 9.74. The quantitative estimate of drug-likeness (QED) is 0.806. The van der Waals surface area contributed by atoms with Crippen molar-refractivity contribution < 1.29 is 0 Å². The minimum Gasteiger partial charge on any atom is -0.372 e. The summed E-state index contributed by atoms with van der Waals surface area (Å²) in [4.78, 5) is 13.7. The second-order valence-corrected chi connectivity index (χ2v) is 6.17. The van der Waals surface area contributed by atoms with Crippen molar-refractivity contribution in [3.8, 4) is 11.5 Å². The van der Waals surface area contributed by atoms with Crippen LogP contribution in [0.15, 0.2) is 12.5 Å². The fraction of sp³-hybridized carbons (Fsp3) is 0.500. The van der Waals surface area contributed by atoms with E-state index in [2.05, 4.69) is 49.4 Å². The lowest BCUT2D eigenvalue weighted by atomic mass is 10.2. The molecule has 0 bridgehead atoms. The molecule has 0 atom stereocenters. The number of hydrogen-bond acceptors (Lipinski definition) is 4. The molecule has 3 rings (SSSR count). The number of halogens is 1. The van der Waals surface area contributed by atoms with Crippen molar-refractivity contribution in [3.05, 3.63) is 21.8 Å². The van der Waals surface area contributed by atoms with Gasteiger partial charge in [0.2, 0.25) is 0 Å². The van der Waals surface area contributed by atoms with Crippen LogP contribution in [0, 0.1) is 3.57 Å². The number of nitrogens with one attached hydrogen (secondary N) is 1. The summed E-state index contributed by atoms with van der Waals surface area (Å²) in [6, 6.07) is 0. The predicted molar refractivity (Wildman–Crippen MR) is 87.8 cm³/mol. The Morgan fingerprint density at radius 3 is 2.85 bits per heavy atom. The Kier molecular flexibility index (Phi) is 3.91. The average molecular weight is 383 g/mol. The number of aryl methyl sites for hydroxylation is 1. The Labute approximate surface area is 132 Å². The first-order valence-corrected chi connectivity index (χ1v) is 8.08. The van der Waals surface area contributed by atoms with Crippen LogP contribution in [-0.4, -0.2) is 26.6 Å². The molecule has 2 heterocycles. The summed E-state index contributed by atoms with van der Waals surface area (Å²) in [7, 11) is 1.91. The number of hydrogen-bond donors (Lipinski definition) is 1. The molecule has 5 nitrogen and oxygen atoms in total. The summed E-state index contributed by atoms with van der Waals surface area (Å²) in [5, 5.41) is 3.18. The lowest BCUT2D eigenvalue weighted by molar-refractivity contribution is 0.681. The molecule has 1 fully saturated rings. The van der Waals surface area contributed by atoms with E-state index in [1.807, 2.05) is 19.6 Å². The minimum atomic E-state index is 0.610. The molecule has 6 heteroatoms. The Bertz CT molecular complexity index is 618. The third-order valence-corrected chi connectivity index (χ3v) is 4.55. The van der Waals surface area contributed by atoms with Crippen LogP contribution in [0.1, 0.15) is 37.8 Å². The molecule has 1 aliphatic rings. The van der Waals surface area contributed by atoms with Crippen molar-refractivity contribution in [3.63, 3.8) is 0 Å². The van der Waals surface area contributed by atoms with Crippen LogP contribution in [-0.2, 0) is 6.54 Å². The summed E-state index contributed by atoms with van der Waals surface area (Å²) in [5.41, 5.74) is 2.19. The monoisotopic (exact) mass is 383 g/mol. The van der Waals surface area contributed by atoms with Crippen LogP contribution in [0.2, 0.25) is 0 Å². The summed E-state index contributed by atoms with van der Waals surface area (Å²) >= 11 is 2.35. The molecular formula is C14H18IN5. The molecule has 106 valence electrons. The SMILES string of the molecule is CCCn1cncc1-c1nc(NC)c(I)c(C2CC2)n1. The highest BCUT2D eigenvalue weighted by molar-refractivity contribution is 14.1. The van der Waals surface area contributed by atoms with E-state index in [4.69, 9.17) is 4.98 Å². The lowest BCUT2D eigenvalue weighted by Crippen LogP contribution is -2.07. The molecular weight excluding hydrogens is 365 g/mol. The Morgan fingerprint density at radius 2 is 2.20 bits per heavy atom. The van der Waals surface area contributed by atoms with E-state index in [0.717, 1.165) is 33.9 Å². The second-order valence-electron chi connectivity index (χ2n) is 5.09. The van der Waals surface area contributed by atoms with Crippen molar-refractivity contribution in [1.29, 1.82) is 0 Å². The van der Waals surface area contributed by atoms with Crippen LogP contribution >= 0.6 is 22.6 Å². The maximum atomic E-state index is 4.81. The maximum absolute atomic E-state index is 4.81. The topological polar surface area (TPSA) is 55.6 Å². The van der Waals surface area contributed by atoms with Gasteiger partial charge in [-0.3, -0.25) is 0 Å². The molecule has 0 aliphatic heterocycles. The third kappa shape index (κ3) is 2.53. The molecule has 0 amide bonds. The number of imidazole rings is 1. The van der Waals surface area contributed by atoms with Gasteiger partial charge in [0.05, 0.1) is 21.8 Å². The fourth-order valence-corrected chi connectivity index (χ4v) is 3.25. The van der Waals surface area contributed by atoms with Crippen LogP contribution in [0.25, 0.3) is 11.5 Å². The largest absolute Gasteiger partial charge is 0.372 e. The summed E-state index contributed by atoms with van der Waals surface area (Å²) in [5.74, 6) is 2.31. The first kappa shape index (κ1) is 13.8. The van der Waals surface area contributed by atoms with Crippen molar-refractivity contribution in [2.45, 2.75) is 38.6 Å². The molecule has 20 heavy (non-hydrogen) atoms. The lowest BCUT2D eigenvalue weighted by Gasteiger charge is -2.12. The zero-order valence-corrected chi connectivity index (χ0v) is 13.9. The number of rotatable bonds is 5. The van der Waals surface area contributed by atoms with E-state index in [0.29, 0.717) is 5.92 Å². The average Bonchev–Trinajstić information content (AvgIpc) is 3.19. The fourth-order valence-electron chi connectivity index (χ4n) is 2.30. The van der Waals surface area contributed by atoms with Crippen LogP contribution in [0.5, 0.6) is 0 Å². The molecule has 1 N–H and O–H groups in total. The van der Waals surface area contributed by atoms with E-state index in [-0.39, 0.29) is 0 Å². The van der Waals surface area contributed by atoms with Gasteiger partial charge in [-0.25, -0.2) is 15.0 Å². The summed E-state index contributed by atoms with van der Waals surface area (Å²) in [6.45, 7) is 3.10. The number of aromatic nitrogens is 4. The number of anilines is 1. The second kappa shape index (κ2) is 5.67. The summed E-state index contributed by atoms with van der Waals surface area (Å²) in [6.07, 6.45) is 7.26. The van der Waals surface area contributed by atoms with Crippen molar-refractivity contribution in [1.82, 2.24) is 19.5 Å². The minimum absolute atomic E-state index is 0.610. The number of nitrogens with zero attached hydrogens (tertiary/aromatic N) is 4. The highest BCUT2D eigenvalue weighted by Crippen LogP contribution is 2.42. The molecule has 2 aromatic heterocycles. The highest BCUT2D eigenvalue weighted by Gasteiger charge is 2.29. The molecule has 1 saturated carbocycles. The molecule has 0 saturated heterocycles. The van der Waals surface area contributed by atoms with Gasteiger partial charge < -0.3 is 9.88 Å². The standard InChI is InChI=1S/C14H18IN5/c1-3-6-20-8-17-7-10(20)13-18-12(9-4-5-9)11(15)14(16-2)19-13/h7-9H,3-6H2,1-2H3,(H,16,18,19). The molecule has 2 aromatic rings. The van der Waals surface area contributed by atoms with Gasteiger partial charge in [-0.15, -0.1) is 0 Å². The predicted octanol–water partition coefficient (Wildman–Crippen LogP) is 3.27. The Balaban J connectivity index is 2.08. The van der Waals surface area contributed by atoms with Crippen molar-refractivity contribution in [2.75, 3.05) is 12.4 Å². The van der Waals surface area contributed by atoms with E-state index >= 15 is 0 Å². The van der Waals surface area contributed by atoms with Crippen molar-refractivity contribution in [2.24, 2.45) is 0 Å². The van der Waals surface area contributed by atoms with Gasteiger partial charge >= 0.3 is 0 Å². The van der Waals surface area contributed by atoms with Crippen LogP contribution in [0.4, 0.5) is 5.82 Å². The van der Waals surface area contributed by atoms with Gasteiger partial charge in [0.15, 0.2) is 5.82 Å². The molecule has 1 aliphatic carbocycles.